The topological polar surface area (TPSA) is 74.2 Å². The fourth-order valence-electron chi connectivity index (χ4n) is 3.04. The van der Waals surface area contributed by atoms with Crippen LogP contribution in [-0.2, 0) is 9.53 Å². The van der Waals surface area contributed by atoms with E-state index < -0.39 is 11.9 Å². The van der Waals surface area contributed by atoms with Gasteiger partial charge in [-0.15, -0.1) is 0 Å². The van der Waals surface area contributed by atoms with Crippen molar-refractivity contribution in [1.82, 2.24) is 0 Å². The molecule has 0 radical (unpaired) electrons. The van der Waals surface area contributed by atoms with E-state index in [9.17, 15) is 9.59 Å². The lowest BCUT2D eigenvalue weighted by Crippen LogP contribution is -2.09. The van der Waals surface area contributed by atoms with Crippen LogP contribution in [-0.4, -0.2) is 24.9 Å². The van der Waals surface area contributed by atoms with Crippen LogP contribution in [0.2, 0.25) is 0 Å². The molecule has 1 aliphatic rings. The number of rotatable bonds is 5. The van der Waals surface area contributed by atoms with E-state index in [2.05, 4.69) is 4.99 Å². The monoisotopic (exact) mass is 413 g/mol. The fourth-order valence-corrected chi connectivity index (χ4v) is 3.04. The fraction of sp³-hybridized carbons (Fsp3) is 0.0800. The van der Waals surface area contributed by atoms with E-state index in [4.69, 9.17) is 14.2 Å². The molecule has 1 heterocycles. The van der Waals surface area contributed by atoms with Crippen molar-refractivity contribution >= 4 is 23.9 Å². The van der Waals surface area contributed by atoms with Crippen LogP contribution in [0.15, 0.2) is 83.5 Å². The number of hydrogen-bond donors (Lipinski definition) is 0. The lowest BCUT2D eigenvalue weighted by Gasteiger charge is -2.08. The third-order valence-electron chi connectivity index (χ3n) is 4.63. The van der Waals surface area contributed by atoms with Crippen molar-refractivity contribution in [2.75, 3.05) is 7.11 Å². The SMILES string of the molecule is COc1ccc(C2=N/C(=C/c3ccccc3OC(=O)c3cccc(C)c3)C(=O)O2)cc1. The summed E-state index contributed by atoms with van der Waals surface area (Å²) in [5.74, 6) is 0.154. The zero-order valence-electron chi connectivity index (χ0n) is 17.0. The summed E-state index contributed by atoms with van der Waals surface area (Å²) in [4.78, 5) is 29.2. The number of ether oxygens (including phenoxy) is 3. The minimum Gasteiger partial charge on any atom is -0.497 e. The molecule has 3 aromatic carbocycles. The van der Waals surface area contributed by atoms with Gasteiger partial charge in [-0.1, -0.05) is 35.9 Å². The van der Waals surface area contributed by atoms with Crippen LogP contribution < -0.4 is 9.47 Å². The molecule has 1 aliphatic heterocycles. The van der Waals surface area contributed by atoms with Gasteiger partial charge in [0.05, 0.1) is 12.7 Å². The van der Waals surface area contributed by atoms with Gasteiger partial charge in [0.15, 0.2) is 5.70 Å². The van der Waals surface area contributed by atoms with Gasteiger partial charge in [0.2, 0.25) is 5.90 Å². The molecule has 0 saturated heterocycles. The van der Waals surface area contributed by atoms with Crippen molar-refractivity contribution < 1.29 is 23.8 Å². The Morgan fingerprint density at radius 2 is 1.77 bits per heavy atom. The van der Waals surface area contributed by atoms with Crippen molar-refractivity contribution in [3.63, 3.8) is 0 Å². The van der Waals surface area contributed by atoms with Gasteiger partial charge < -0.3 is 14.2 Å². The molecule has 6 nitrogen and oxygen atoms in total. The van der Waals surface area contributed by atoms with Crippen LogP contribution in [0, 0.1) is 6.92 Å². The first kappa shape index (κ1) is 20.1. The number of methoxy groups -OCH3 is 1. The zero-order valence-corrected chi connectivity index (χ0v) is 17.0. The molecule has 0 fully saturated rings. The molecule has 154 valence electrons. The van der Waals surface area contributed by atoms with Crippen LogP contribution >= 0.6 is 0 Å². The van der Waals surface area contributed by atoms with Crippen molar-refractivity contribution in [2.45, 2.75) is 6.92 Å². The number of benzene rings is 3. The smallest absolute Gasteiger partial charge is 0.363 e. The third-order valence-corrected chi connectivity index (χ3v) is 4.63. The Morgan fingerprint density at radius 3 is 2.52 bits per heavy atom. The van der Waals surface area contributed by atoms with Gasteiger partial charge in [0.25, 0.3) is 0 Å². The van der Waals surface area contributed by atoms with E-state index in [1.807, 2.05) is 13.0 Å². The van der Waals surface area contributed by atoms with E-state index in [0.717, 1.165) is 5.56 Å². The van der Waals surface area contributed by atoms with Crippen LogP contribution in [0.4, 0.5) is 0 Å². The molecule has 0 spiro atoms. The van der Waals surface area contributed by atoms with Gasteiger partial charge in [-0.3, -0.25) is 0 Å². The highest BCUT2D eigenvalue weighted by Crippen LogP contribution is 2.26. The second-order valence-corrected chi connectivity index (χ2v) is 6.86. The normalized spacial score (nSPS) is 14.2. The van der Waals surface area contributed by atoms with Gasteiger partial charge >= 0.3 is 11.9 Å². The molecule has 0 atom stereocenters. The Kier molecular flexibility index (Phi) is 5.62. The number of aliphatic imine (C=N–C) groups is 1. The molecular weight excluding hydrogens is 394 g/mol. The Bertz CT molecular complexity index is 1210. The Labute approximate surface area is 179 Å². The van der Waals surface area contributed by atoms with Crippen molar-refractivity contribution in [1.29, 1.82) is 0 Å². The second kappa shape index (κ2) is 8.67. The van der Waals surface area contributed by atoms with E-state index in [-0.39, 0.29) is 11.6 Å². The lowest BCUT2D eigenvalue weighted by molar-refractivity contribution is -0.129. The summed E-state index contributed by atoms with van der Waals surface area (Å²) in [6.45, 7) is 1.90. The Morgan fingerprint density at radius 1 is 1.00 bits per heavy atom. The molecule has 31 heavy (non-hydrogen) atoms. The molecular formula is C25H19NO5. The number of hydrogen-bond acceptors (Lipinski definition) is 6. The molecule has 0 amide bonds. The number of para-hydroxylation sites is 1. The average molecular weight is 413 g/mol. The molecule has 0 N–H and O–H groups in total. The predicted molar refractivity (Wildman–Crippen MR) is 116 cm³/mol. The van der Waals surface area contributed by atoms with Gasteiger partial charge in [0.1, 0.15) is 11.5 Å². The van der Waals surface area contributed by atoms with Crippen LogP contribution in [0.3, 0.4) is 0 Å². The maximum atomic E-state index is 12.5. The van der Waals surface area contributed by atoms with E-state index in [1.165, 1.54) is 6.08 Å². The van der Waals surface area contributed by atoms with Crippen LogP contribution in [0.1, 0.15) is 27.0 Å². The average Bonchev–Trinajstić information content (AvgIpc) is 3.15. The van der Waals surface area contributed by atoms with Crippen molar-refractivity contribution in [3.8, 4) is 11.5 Å². The quantitative estimate of drug-likeness (QED) is 0.348. The first-order valence-electron chi connectivity index (χ1n) is 9.58. The highest BCUT2D eigenvalue weighted by molar-refractivity contribution is 6.13. The highest BCUT2D eigenvalue weighted by Gasteiger charge is 2.24. The summed E-state index contributed by atoms with van der Waals surface area (Å²) in [6, 6.07) is 21.1. The summed E-state index contributed by atoms with van der Waals surface area (Å²) in [5.41, 5.74) is 2.71. The van der Waals surface area contributed by atoms with Crippen LogP contribution in [0.25, 0.3) is 6.08 Å². The summed E-state index contributed by atoms with van der Waals surface area (Å²) >= 11 is 0. The molecule has 0 aliphatic carbocycles. The Balaban J connectivity index is 1.60. The molecule has 0 unspecified atom stereocenters. The van der Waals surface area contributed by atoms with Gasteiger partial charge in [-0.25, -0.2) is 14.6 Å². The van der Waals surface area contributed by atoms with Gasteiger partial charge in [-0.2, -0.15) is 0 Å². The first-order chi connectivity index (χ1) is 15.0. The lowest BCUT2D eigenvalue weighted by atomic mass is 10.1. The predicted octanol–water partition coefficient (Wildman–Crippen LogP) is 4.57. The first-order valence-corrected chi connectivity index (χ1v) is 9.58. The van der Waals surface area contributed by atoms with Gasteiger partial charge in [0, 0.05) is 11.1 Å². The minimum atomic E-state index is -0.578. The molecule has 3 aromatic rings. The van der Waals surface area contributed by atoms with Crippen molar-refractivity contribution in [2.24, 2.45) is 4.99 Å². The third kappa shape index (κ3) is 4.53. The molecule has 0 bridgehead atoms. The zero-order chi connectivity index (χ0) is 21.8. The summed E-state index contributed by atoms with van der Waals surface area (Å²) < 4.78 is 16.0. The number of carbonyl (C=O) groups excluding carboxylic acids is 2. The Hall–Kier alpha value is -4.19. The van der Waals surface area contributed by atoms with Gasteiger partial charge in [-0.05, 0) is 55.5 Å². The second-order valence-electron chi connectivity index (χ2n) is 6.86. The van der Waals surface area contributed by atoms with E-state index in [1.54, 1.807) is 73.8 Å². The summed E-state index contributed by atoms with van der Waals surface area (Å²) in [6.07, 6.45) is 1.54. The maximum absolute atomic E-state index is 12.5. The molecule has 6 heteroatoms. The van der Waals surface area contributed by atoms with E-state index in [0.29, 0.717) is 28.2 Å². The number of esters is 2. The molecule has 0 saturated carbocycles. The largest absolute Gasteiger partial charge is 0.497 e. The molecule has 4 rings (SSSR count). The molecule has 0 aromatic heterocycles. The minimum absolute atomic E-state index is 0.116. The maximum Gasteiger partial charge on any atom is 0.363 e. The number of cyclic esters (lactones) is 1. The van der Waals surface area contributed by atoms with E-state index >= 15 is 0 Å². The number of nitrogens with zero attached hydrogens (tertiary/aromatic N) is 1. The summed E-state index contributed by atoms with van der Waals surface area (Å²) in [5, 5.41) is 0. The van der Waals surface area contributed by atoms with Crippen LogP contribution in [0.5, 0.6) is 11.5 Å². The number of carbonyl (C=O) groups is 2. The summed E-state index contributed by atoms with van der Waals surface area (Å²) in [7, 11) is 1.58. The standard InChI is InChI=1S/C25H19NO5/c1-16-6-5-8-19(14-16)24(27)30-22-9-4-3-7-18(22)15-21-25(28)31-23(26-21)17-10-12-20(29-2)13-11-17/h3-15H,1-2H3/b21-15+. The highest BCUT2D eigenvalue weighted by atomic mass is 16.6. The number of aryl methyl sites for hydroxylation is 1. The van der Waals surface area contributed by atoms with Crippen molar-refractivity contribution in [3.05, 3.63) is 101 Å².